The van der Waals surface area contributed by atoms with E-state index in [4.69, 9.17) is 21.7 Å². The standard InChI is InChI=1S/C16H18N2O2S2/c1-19-12-7-8-15(20-2)14(10-12)18-16(21)17-11-5-4-6-13(9-11)22-3/h4-10H,1-3H3,(H2,17,18,21). The highest BCUT2D eigenvalue weighted by molar-refractivity contribution is 7.98. The molecule has 0 unspecified atom stereocenters. The molecule has 2 aromatic carbocycles. The van der Waals surface area contributed by atoms with E-state index in [-0.39, 0.29) is 0 Å². The quantitative estimate of drug-likeness (QED) is 0.630. The molecule has 2 rings (SSSR count). The van der Waals surface area contributed by atoms with Gasteiger partial charge in [-0.05, 0) is 48.8 Å². The Bertz CT molecular complexity index is 662. The van der Waals surface area contributed by atoms with Gasteiger partial charge in [0.1, 0.15) is 11.5 Å². The first kappa shape index (κ1) is 16.5. The molecule has 0 saturated heterocycles. The molecule has 0 spiro atoms. The van der Waals surface area contributed by atoms with E-state index >= 15 is 0 Å². The van der Waals surface area contributed by atoms with Gasteiger partial charge < -0.3 is 20.1 Å². The average Bonchev–Trinajstić information content (AvgIpc) is 2.54. The average molecular weight is 334 g/mol. The molecule has 0 aromatic heterocycles. The second-order valence-corrected chi connectivity index (χ2v) is 5.67. The Morgan fingerprint density at radius 2 is 1.86 bits per heavy atom. The van der Waals surface area contributed by atoms with Crippen molar-refractivity contribution in [3.8, 4) is 11.5 Å². The van der Waals surface area contributed by atoms with E-state index in [1.807, 2.05) is 42.7 Å². The van der Waals surface area contributed by atoms with Crippen molar-refractivity contribution >= 4 is 40.5 Å². The van der Waals surface area contributed by atoms with Crippen LogP contribution in [0.5, 0.6) is 11.5 Å². The van der Waals surface area contributed by atoms with Gasteiger partial charge in [0.25, 0.3) is 0 Å². The van der Waals surface area contributed by atoms with Gasteiger partial charge in [-0.3, -0.25) is 0 Å². The molecule has 0 aliphatic heterocycles. The van der Waals surface area contributed by atoms with Crippen molar-refractivity contribution in [2.75, 3.05) is 31.1 Å². The lowest BCUT2D eigenvalue weighted by Crippen LogP contribution is -2.19. The molecule has 6 heteroatoms. The third-order valence-electron chi connectivity index (χ3n) is 2.98. The van der Waals surface area contributed by atoms with Gasteiger partial charge in [0, 0.05) is 16.6 Å². The maximum Gasteiger partial charge on any atom is 0.175 e. The third-order valence-corrected chi connectivity index (χ3v) is 3.91. The summed E-state index contributed by atoms with van der Waals surface area (Å²) in [7, 11) is 3.24. The largest absolute Gasteiger partial charge is 0.497 e. The van der Waals surface area contributed by atoms with Gasteiger partial charge in [-0.15, -0.1) is 11.8 Å². The molecular formula is C16H18N2O2S2. The summed E-state index contributed by atoms with van der Waals surface area (Å²) in [4.78, 5) is 1.17. The van der Waals surface area contributed by atoms with E-state index in [2.05, 4.69) is 16.7 Å². The Balaban J connectivity index is 2.11. The minimum atomic E-state index is 0.491. The lowest BCUT2D eigenvalue weighted by Gasteiger charge is -2.14. The molecule has 0 atom stereocenters. The molecule has 4 nitrogen and oxygen atoms in total. The smallest absolute Gasteiger partial charge is 0.175 e. The van der Waals surface area contributed by atoms with E-state index in [0.29, 0.717) is 10.9 Å². The fourth-order valence-electron chi connectivity index (χ4n) is 1.90. The predicted octanol–water partition coefficient (Wildman–Crippen LogP) is 4.23. The van der Waals surface area contributed by atoms with Crippen molar-refractivity contribution < 1.29 is 9.47 Å². The van der Waals surface area contributed by atoms with Crippen LogP contribution in [0.25, 0.3) is 0 Å². The molecule has 0 heterocycles. The number of anilines is 2. The van der Waals surface area contributed by atoms with Crippen LogP contribution in [0.1, 0.15) is 0 Å². The van der Waals surface area contributed by atoms with Gasteiger partial charge in [-0.1, -0.05) is 6.07 Å². The van der Waals surface area contributed by atoms with Crippen molar-refractivity contribution in [1.29, 1.82) is 0 Å². The van der Waals surface area contributed by atoms with Gasteiger partial charge in [-0.25, -0.2) is 0 Å². The van der Waals surface area contributed by atoms with E-state index in [0.717, 1.165) is 17.1 Å². The molecule has 116 valence electrons. The summed E-state index contributed by atoms with van der Waals surface area (Å²) in [5.41, 5.74) is 1.69. The molecular weight excluding hydrogens is 316 g/mol. The van der Waals surface area contributed by atoms with E-state index in [9.17, 15) is 0 Å². The highest BCUT2D eigenvalue weighted by Gasteiger charge is 2.07. The Morgan fingerprint density at radius 3 is 2.55 bits per heavy atom. The number of benzene rings is 2. The summed E-state index contributed by atoms with van der Waals surface area (Å²) in [6.45, 7) is 0. The second-order valence-electron chi connectivity index (χ2n) is 4.38. The molecule has 0 amide bonds. The van der Waals surface area contributed by atoms with Gasteiger partial charge in [0.05, 0.1) is 19.9 Å². The Labute approximate surface area is 140 Å². The summed E-state index contributed by atoms with van der Waals surface area (Å²) in [5.74, 6) is 1.43. The summed E-state index contributed by atoms with van der Waals surface area (Å²) in [6.07, 6.45) is 2.04. The number of ether oxygens (including phenoxy) is 2. The lowest BCUT2D eigenvalue weighted by molar-refractivity contribution is 0.405. The summed E-state index contributed by atoms with van der Waals surface area (Å²) < 4.78 is 10.5. The maximum absolute atomic E-state index is 5.36. The van der Waals surface area contributed by atoms with Crippen LogP contribution >= 0.6 is 24.0 Å². The molecule has 0 saturated carbocycles. The maximum atomic E-state index is 5.36. The lowest BCUT2D eigenvalue weighted by atomic mass is 10.2. The summed E-state index contributed by atoms with van der Waals surface area (Å²) >= 11 is 7.04. The van der Waals surface area contributed by atoms with Crippen LogP contribution in [0.15, 0.2) is 47.4 Å². The molecule has 0 bridgehead atoms. The number of thiocarbonyl (C=S) groups is 1. The molecule has 2 aromatic rings. The number of hydrogen-bond acceptors (Lipinski definition) is 4. The Kier molecular flexibility index (Phi) is 5.91. The topological polar surface area (TPSA) is 42.5 Å². The first-order valence-electron chi connectivity index (χ1n) is 6.60. The van der Waals surface area contributed by atoms with Gasteiger partial charge >= 0.3 is 0 Å². The third kappa shape index (κ3) is 4.29. The molecule has 0 aliphatic rings. The van der Waals surface area contributed by atoms with Crippen molar-refractivity contribution in [3.05, 3.63) is 42.5 Å². The number of thioether (sulfide) groups is 1. The van der Waals surface area contributed by atoms with Gasteiger partial charge in [-0.2, -0.15) is 0 Å². The predicted molar refractivity (Wildman–Crippen MR) is 97.6 cm³/mol. The first-order valence-corrected chi connectivity index (χ1v) is 8.23. The zero-order valence-electron chi connectivity index (χ0n) is 12.7. The highest BCUT2D eigenvalue weighted by Crippen LogP contribution is 2.29. The Morgan fingerprint density at radius 1 is 1.05 bits per heavy atom. The van der Waals surface area contributed by atoms with Crippen LogP contribution in [0.4, 0.5) is 11.4 Å². The van der Waals surface area contributed by atoms with E-state index in [1.165, 1.54) is 4.90 Å². The molecule has 0 fully saturated rings. The SMILES string of the molecule is COc1ccc(OC)c(NC(=S)Nc2cccc(SC)c2)c1. The van der Waals surface area contributed by atoms with Crippen molar-refractivity contribution in [3.63, 3.8) is 0 Å². The summed E-state index contributed by atoms with van der Waals surface area (Å²) in [6, 6.07) is 13.6. The summed E-state index contributed by atoms with van der Waals surface area (Å²) in [5, 5.41) is 6.79. The molecule has 22 heavy (non-hydrogen) atoms. The fourth-order valence-corrected chi connectivity index (χ4v) is 2.58. The van der Waals surface area contributed by atoms with Crippen LogP contribution in [-0.4, -0.2) is 25.6 Å². The van der Waals surface area contributed by atoms with Crippen LogP contribution in [0.3, 0.4) is 0 Å². The highest BCUT2D eigenvalue weighted by atomic mass is 32.2. The first-order chi connectivity index (χ1) is 10.7. The van der Waals surface area contributed by atoms with Crippen molar-refractivity contribution in [2.45, 2.75) is 4.90 Å². The number of methoxy groups -OCH3 is 2. The molecule has 2 N–H and O–H groups in total. The minimum absolute atomic E-state index is 0.491. The van der Waals surface area contributed by atoms with Gasteiger partial charge in [0.15, 0.2) is 5.11 Å². The number of rotatable bonds is 5. The number of hydrogen-bond donors (Lipinski definition) is 2. The monoisotopic (exact) mass is 334 g/mol. The molecule has 0 aliphatic carbocycles. The zero-order chi connectivity index (χ0) is 15.9. The van der Waals surface area contributed by atoms with Crippen LogP contribution in [-0.2, 0) is 0 Å². The molecule has 0 radical (unpaired) electrons. The zero-order valence-corrected chi connectivity index (χ0v) is 14.3. The van der Waals surface area contributed by atoms with Crippen LogP contribution < -0.4 is 20.1 Å². The van der Waals surface area contributed by atoms with Crippen LogP contribution in [0, 0.1) is 0 Å². The van der Waals surface area contributed by atoms with Crippen molar-refractivity contribution in [2.24, 2.45) is 0 Å². The number of nitrogens with one attached hydrogen (secondary N) is 2. The second kappa shape index (κ2) is 7.91. The van der Waals surface area contributed by atoms with E-state index < -0.39 is 0 Å². The van der Waals surface area contributed by atoms with Crippen molar-refractivity contribution in [1.82, 2.24) is 0 Å². The van der Waals surface area contributed by atoms with Gasteiger partial charge in [0.2, 0.25) is 0 Å². The Hall–Kier alpha value is -1.92. The normalized spacial score (nSPS) is 9.95. The minimum Gasteiger partial charge on any atom is -0.497 e. The fraction of sp³-hybridized carbons (Fsp3) is 0.188. The van der Waals surface area contributed by atoms with E-state index in [1.54, 1.807) is 26.0 Å². The van der Waals surface area contributed by atoms with Crippen LogP contribution in [0.2, 0.25) is 0 Å².